The van der Waals surface area contributed by atoms with E-state index in [9.17, 15) is 0 Å². The largest absolute Gasteiger partial charge is 0.366 e. The molecule has 8 heteroatoms. The Morgan fingerprint density at radius 2 is 2.00 bits per heavy atom. The van der Waals surface area contributed by atoms with Gasteiger partial charge in [0.15, 0.2) is 5.65 Å². The summed E-state index contributed by atoms with van der Waals surface area (Å²) in [4.78, 5) is 8.73. The van der Waals surface area contributed by atoms with Gasteiger partial charge in [0.05, 0.1) is 15.7 Å². The van der Waals surface area contributed by atoms with Crippen LogP contribution in [0.5, 0.6) is 0 Å². The highest BCUT2D eigenvalue weighted by atomic mass is 35.5. The highest BCUT2D eigenvalue weighted by Gasteiger charge is 2.13. The molecule has 4 rings (SSSR count). The Morgan fingerprint density at radius 1 is 1.12 bits per heavy atom. The van der Waals surface area contributed by atoms with Gasteiger partial charge in [-0.1, -0.05) is 41.4 Å². The first-order valence-electron chi connectivity index (χ1n) is 7.85. The average Bonchev–Trinajstić information content (AvgIpc) is 3.04. The molecule has 0 bridgehead atoms. The molecule has 0 unspecified atom stereocenters. The smallest absolute Gasteiger partial charge is 0.150 e. The van der Waals surface area contributed by atoms with E-state index in [0.29, 0.717) is 33.4 Å². The number of hydrogen-bond donors (Lipinski definition) is 1. The van der Waals surface area contributed by atoms with E-state index in [1.54, 1.807) is 29.2 Å². The Bertz CT molecular complexity index is 1080. The predicted molar refractivity (Wildman–Crippen MR) is 105 cm³/mol. The second-order valence-electron chi connectivity index (χ2n) is 5.68. The van der Waals surface area contributed by atoms with Crippen molar-refractivity contribution in [2.75, 3.05) is 5.32 Å². The Morgan fingerprint density at radius 3 is 2.81 bits per heavy atom. The van der Waals surface area contributed by atoms with Crippen LogP contribution in [0, 0.1) is 0 Å². The molecular formula is C18H12BCl2N5. The summed E-state index contributed by atoms with van der Waals surface area (Å²) in [6.07, 6.45) is 5.11. The average molecular weight is 380 g/mol. The molecule has 0 aliphatic heterocycles. The van der Waals surface area contributed by atoms with Crippen LogP contribution in [0.15, 0.2) is 55.0 Å². The summed E-state index contributed by atoms with van der Waals surface area (Å²) in [6.45, 7) is 0.579. The molecule has 1 N–H and O–H groups in total. The molecule has 1 aromatic carbocycles. The second-order valence-corrected chi connectivity index (χ2v) is 6.46. The number of anilines is 1. The number of rotatable bonds is 4. The van der Waals surface area contributed by atoms with E-state index < -0.39 is 0 Å². The molecule has 0 atom stereocenters. The van der Waals surface area contributed by atoms with E-state index >= 15 is 0 Å². The summed E-state index contributed by atoms with van der Waals surface area (Å²) in [5.41, 5.74) is 3.46. The van der Waals surface area contributed by atoms with Crippen molar-refractivity contribution >= 4 is 48.0 Å². The third-order valence-corrected chi connectivity index (χ3v) is 4.74. The van der Waals surface area contributed by atoms with Crippen LogP contribution in [0.1, 0.15) is 5.56 Å². The van der Waals surface area contributed by atoms with Crippen LogP contribution in [0.3, 0.4) is 0 Å². The van der Waals surface area contributed by atoms with Gasteiger partial charge in [0.2, 0.25) is 0 Å². The highest BCUT2D eigenvalue weighted by Crippen LogP contribution is 2.33. The minimum atomic E-state index is 0.447. The lowest BCUT2D eigenvalue weighted by atomic mass is 10.0. The summed E-state index contributed by atoms with van der Waals surface area (Å²) < 4.78 is 1.66. The van der Waals surface area contributed by atoms with E-state index in [1.807, 2.05) is 30.3 Å². The maximum atomic E-state index is 6.36. The van der Waals surface area contributed by atoms with Crippen molar-refractivity contribution in [3.05, 3.63) is 70.6 Å². The zero-order chi connectivity index (χ0) is 18.1. The normalized spacial score (nSPS) is 11.0. The van der Waals surface area contributed by atoms with Crippen LogP contribution in [0.4, 0.5) is 5.82 Å². The Kier molecular flexibility index (Phi) is 4.53. The lowest BCUT2D eigenvalue weighted by Crippen LogP contribution is -2.09. The minimum absolute atomic E-state index is 0.447. The number of halogens is 2. The molecule has 0 spiro atoms. The van der Waals surface area contributed by atoms with Crippen LogP contribution in [0.2, 0.25) is 10.0 Å². The molecule has 3 aromatic heterocycles. The summed E-state index contributed by atoms with van der Waals surface area (Å²) in [7, 11) is 6.02. The SMILES string of the molecule is [B]c1cnn2c(NCc3cccnc3)cc(-c3cccc(Cl)c3Cl)nc12. The molecule has 0 fully saturated rings. The number of nitrogens with one attached hydrogen (secondary N) is 1. The van der Waals surface area contributed by atoms with Gasteiger partial charge in [-0.15, -0.1) is 0 Å². The van der Waals surface area contributed by atoms with Crippen molar-refractivity contribution in [2.24, 2.45) is 0 Å². The zero-order valence-electron chi connectivity index (χ0n) is 13.5. The van der Waals surface area contributed by atoms with E-state index in [0.717, 1.165) is 16.9 Å². The summed E-state index contributed by atoms with van der Waals surface area (Å²) in [5, 5.41) is 8.56. The first-order chi connectivity index (χ1) is 12.6. The molecule has 0 aliphatic carbocycles. The molecule has 126 valence electrons. The van der Waals surface area contributed by atoms with Gasteiger partial charge >= 0.3 is 0 Å². The van der Waals surface area contributed by atoms with Gasteiger partial charge < -0.3 is 5.32 Å². The van der Waals surface area contributed by atoms with Crippen molar-refractivity contribution in [2.45, 2.75) is 6.54 Å². The molecular weight excluding hydrogens is 368 g/mol. The first kappa shape index (κ1) is 16.9. The van der Waals surface area contributed by atoms with Crippen LogP contribution in [0.25, 0.3) is 16.9 Å². The minimum Gasteiger partial charge on any atom is -0.366 e. The van der Waals surface area contributed by atoms with Gasteiger partial charge in [0.25, 0.3) is 0 Å². The van der Waals surface area contributed by atoms with Crippen molar-refractivity contribution in [3.8, 4) is 11.3 Å². The van der Waals surface area contributed by atoms with Crippen LogP contribution in [-0.2, 0) is 6.54 Å². The molecule has 0 saturated heterocycles. The lowest BCUT2D eigenvalue weighted by Gasteiger charge is -2.12. The number of benzene rings is 1. The van der Waals surface area contributed by atoms with E-state index in [2.05, 4.69) is 20.4 Å². The van der Waals surface area contributed by atoms with Crippen LogP contribution in [-0.4, -0.2) is 27.4 Å². The monoisotopic (exact) mass is 379 g/mol. The van der Waals surface area contributed by atoms with Gasteiger partial charge in [-0.3, -0.25) is 4.98 Å². The van der Waals surface area contributed by atoms with Crippen molar-refractivity contribution in [1.29, 1.82) is 0 Å². The van der Waals surface area contributed by atoms with Crippen LogP contribution < -0.4 is 10.8 Å². The number of fused-ring (bicyclic) bond motifs is 1. The van der Waals surface area contributed by atoms with E-state index in [4.69, 9.17) is 31.0 Å². The van der Waals surface area contributed by atoms with E-state index in [1.165, 1.54) is 0 Å². The van der Waals surface area contributed by atoms with E-state index in [-0.39, 0.29) is 0 Å². The second kappa shape index (κ2) is 6.98. The Labute approximate surface area is 161 Å². The highest BCUT2D eigenvalue weighted by molar-refractivity contribution is 6.43. The third kappa shape index (κ3) is 3.13. The zero-order valence-corrected chi connectivity index (χ0v) is 15.0. The summed E-state index contributed by atoms with van der Waals surface area (Å²) in [6, 6.07) is 11.2. The molecule has 2 radical (unpaired) electrons. The molecule has 5 nitrogen and oxygen atoms in total. The fraction of sp³-hybridized carbons (Fsp3) is 0.0556. The van der Waals surface area contributed by atoms with Crippen LogP contribution >= 0.6 is 23.2 Å². The molecule has 4 aromatic rings. The Balaban J connectivity index is 1.80. The van der Waals surface area contributed by atoms with Crippen molar-refractivity contribution in [1.82, 2.24) is 19.6 Å². The summed E-state index contributed by atoms with van der Waals surface area (Å²) in [5.74, 6) is 0.738. The fourth-order valence-corrected chi connectivity index (χ4v) is 3.04. The number of pyridine rings is 1. The molecule has 0 saturated carbocycles. The van der Waals surface area contributed by atoms with Crippen molar-refractivity contribution < 1.29 is 0 Å². The number of aromatic nitrogens is 4. The molecule has 26 heavy (non-hydrogen) atoms. The fourth-order valence-electron chi connectivity index (χ4n) is 2.64. The first-order valence-corrected chi connectivity index (χ1v) is 8.60. The third-order valence-electron chi connectivity index (χ3n) is 3.92. The molecule has 3 heterocycles. The maximum absolute atomic E-state index is 6.36. The molecule has 0 amide bonds. The van der Waals surface area contributed by atoms with Gasteiger partial charge in [-0.2, -0.15) is 9.61 Å². The quantitative estimate of drug-likeness (QED) is 0.551. The Hall–Kier alpha value is -2.57. The topological polar surface area (TPSA) is 55.1 Å². The van der Waals surface area contributed by atoms with Gasteiger partial charge in [-0.05, 0) is 23.2 Å². The van der Waals surface area contributed by atoms with Gasteiger partial charge in [0.1, 0.15) is 13.7 Å². The molecule has 0 aliphatic rings. The van der Waals surface area contributed by atoms with Gasteiger partial charge in [0, 0.05) is 36.8 Å². The summed E-state index contributed by atoms with van der Waals surface area (Å²) >= 11 is 12.5. The lowest BCUT2D eigenvalue weighted by molar-refractivity contribution is 0.925. The standard InChI is InChI=1S/C18H12BCl2N5/c19-13-10-24-26-16(23-9-11-3-2-6-22-8-11)7-15(25-18(13)26)12-4-1-5-14(20)17(12)21/h1-8,10,23H,9H2. The number of nitrogens with zero attached hydrogens (tertiary/aromatic N) is 4. The van der Waals surface area contributed by atoms with Crippen molar-refractivity contribution in [3.63, 3.8) is 0 Å². The van der Waals surface area contributed by atoms with Gasteiger partial charge in [-0.25, -0.2) is 4.98 Å². The number of hydrogen-bond acceptors (Lipinski definition) is 4. The maximum Gasteiger partial charge on any atom is 0.150 e. The predicted octanol–water partition coefficient (Wildman–Crippen LogP) is 3.50.